The monoisotopic (exact) mass is 359 g/mol. The van der Waals surface area contributed by atoms with Gasteiger partial charge in [0.25, 0.3) is 0 Å². The highest BCUT2D eigenvalue weighted by Gasteiger charge is 2.17. The van der Waals surface area contributed by atoms with Crippen molar-refractivity contribution in [1.29, 1.82) is 0 Å². The number of benzene rings is 1. The SMILES string of the molecule is Cc1nc(SCC(=O)N[C@@H](C)c2ccc3c(c2)OCO3)nc(C)c1C. The number of fused-ring (bicyclic) bond motifs is 1. The van der Waals surface area contributed by atoms with Gasteiger partial charge in [-0.1, -0.05) is 17.8 Å². The van der Waals surface area contributed by atoms with E-state index in [0.29, 0.717) is 10.9 Å². The summed E-state index contributed by atoms with van der Waals surface area (Å²) in [5, 5.41) is 3.62. The Morgan fingerprint density at radius 3 is 2.60 bits per heavy atom. The van der Waals surface area contributed by atoms with Gasteiger partial charge in [0.05, 0.1) is 11.8 Å². The van der Waals surface area contributed by atoms with Crippen molar-refractivity contribution in [3.05, 3.63) is 40.7 Å². The van der Waals surface area contributed by atoms with E-state index in [1.807, 2.05) is 45.9 Å². The molecule has 0 bridgehead atoms. The zero-order chi connectivity index (χ0) is 18.0. The first-order chi connectivity index (χ1) is 11.9. The Balaban J connectivity index is 1.57. The van der Waals surface area contributed by atoms with E-state index >= 15 is 0 Å². The molecule has 1 aromatic heterocycles. The summed E-state index contributed by atoms with van der Waals surface area (Å²) in [6, 6.07) is 5.57. The number of hydrogen-bond donors (Lipinski definition) is 1. The van der Waals surface area contributed by atoms with Crippen molar-refractivity contribution in [3.63, 3.8) is 0 Å². The lowest BCUT2D eigenvalue weighted by atomic mass is 10.1. The molecular weight excluding hydrogens is 338 g/mol. The van der Waals surface area contributed by atoms with Gasteiger partial charge in [-0.2, -0.15) is 0 Å². The van der Waals surface area contributed by atoms with Crippen LogP contribution in [0, 0.1) is 20.8 Å². The summed E-state index contributed by atoms with van der Waals surface area (Å²) in [6.07, 6.45) is 0. The molecule has 3 rings (SSSR count). The molecule has 6 nitrogen and oxygen atoms in total. The normalized spacial score (nSPS) is 13.6. The highest BCUT2D eigenvalue weighted by molar-refractivity contribution is 7.99. The molecule has 0 aliphatic carbocycles. The molecule has 2 heterocycles. The molecule has 1 aromatic carbocycles. The Bertz CT molecular complexity index is 787. The third-order valence-electron chi connectivity index (χ3n) is 4.22. The minimum Gasteiger partial charge on any atom is -0.454 e. The first-order valence-corrected chi connectivity index (χ1v) is 9.06. The number of hydrogen-bond acceptors (Lipinski definition) is 6. The van der Waals surface area contributed by atoms with Crippen LogP contribution in [0.1, 0.15) is 35.5 Å². The lowest BCUT2D eigenvalue weighted by Gasteiger charge is -2.14. The minimum atomic E-state index is -0.120. The van der Waals surface area contributed by atoms with Crippen LogP contribution >= 0.6 is 11.8 Å². The quantitative estimate of drug-likeness (QED) is 0.653. The van der Waals surface area contributed by atoms with Crippen molar-refractivity contribution < 1.29 is 14.3 Å². The van der Waals surface area contributed by atoms with E-state index in [4.69, 9.17) is 9.47 Å². The Kier molecular flexibility index (Phi) is 5.13. The van der Waals surface area contributed by atoms with Gasteiger partial charge in [-0.25, -0.2) is 9.97 Å². The van der Waals surface area contributed by atoms with Gasteiger partial charge in [0.1, 0.15) is 0 Å². The summed E-state index contributed by atoms with van der Waals surface area (Å²) in [7, 11) is 0. The van der Waals surface area contributed by atoms with Gasteiger partial charge in [-0.15, -0.1) is 0 Å². The number of thioether (sulfide) groups is 1. The molecule has 1 aliphatic rings. The fraction of sp³-hybridized carbons (Fsp3) is 0.389. The van der Waals surface area contributed by atoms with Gasteiger partial charge in [0.15, 0.2) is 16.7 Å². The Morgan fingerprint density at radius 2 is 1.88 bits per heavy atom. The highest BCUT2D eigenvalue weighted by atomic mass is 32.2. The van der Waals surface area contributed by atoms with Gasteiger partial charge in [-0.3, -0.25) is 4.79 Å². The number of aryl methyl sites for hydroxylation is 2. The van der Waals surface area contributed by atoms with Crippen LogP contribution in [0.4, 0.5) is 0 Å². The number of ether oxygens (including phenoxy) is 2. The maximum Gasteiger partial charge on any atom is 0.231 e. The van der Waals surface area contributed by atoms with Crippen molar-refractivity contribution in [1.82, 2.24) is 15.3 Å². The number of amides is 1. The zero-order valence-corrected chi connectivity index (χ0v) is 15.6. The predicted octanol–water partition coefficient (Wildman–Crippen LogP) is 3.10. The number of rotatable bonds is 5. The molecule has 1 N–H and O–H groups in total. The van der Waals surface area contributed by atoms with Crippen molar-refractivity contribution in [3.8, 4) is 11.5 Å². The second-order valence-electron chi connectivity index (χ2n) is 5.99. The number of carbonyl (C=O) groups is 1. The van der Waals surface area contributed by atoms with Crippen molar-refractivity contribution >= 4 is 17.7 Å². The summed E-state index contributed by atoms with van der Waals surface area (Å²) in [6.45, 7) is 8.09. The summed E-state index contributed by atoms with van der Waals surface area (Å²) in [4.78, 5) is 21.1. The first-order valence-electron chi connectivity index (χ1n) is 8.07. The predicted molar refractivity (Wildman–Crippen MR) is 96.1 cm³/mol. The van der Waals surface area contributed by atoms with Crippen molar-refractivity contribution in [2.24, 2.45) is 0 Å². The van der Waals surface area contributed by atoms with Crippen LogP contribution in [-0.2, 0) is 4.79 Å². The second-order valence-corrected chi connectivity index (χ2v) is 6.94. The summed E-state index contributed by atoms with van der Waals surface area (Å²) in [5.74, 6) is 1.67. The maximum absolute atomic E-state index is 12.2. The highest BCUT2D eigenvalue weighted by Crippen LogP contribution is 2.34. The molecule has 1 atom stereocenters. The molecule has 1 aliphatic heterocycles. The topological polar surface area (TPSA) is 73.3 Å². The van der Waals surface area contributed by atoms with Crippen LogP contribution in [0.3, 0.4) is 0 Å². The van der Waals surface area contributed by atoms with E-state index in [1.165, 1.54) is 11.8 Å². The molecule has 0 unspecified atom stereocenters. The molecule has 2 aromatic rings. The summed E-state index contributed by atoms with van der Waals surface area (Å²) < 4.78 is 10.7. The Hall–Kier alpha value is -2.28. The van der Waals surface area contributed by atoms with Gasteiger partial charge in [0, 0.05) is 11.4 Å². The maximum atomic E-state index is 12.2. The number of carbonyl (C=O) groups excluding carboxylic acids is 1. The van der Waals surface area contributed by atoms with Crippen LogP contribution in [-0.4, -0.2) is 28.4 Å². The Labute approximate surface area is 151 Å². The van der Waals surface area contributed by atoms with Crippen molar-refractivity contribution in [2.75, 3.05) is 12.5 Å². The van der Waals surface area contributed by atoms with E-state index in [2.05, 4.69) is 15.3 Å². The van der Waals surface area contributed by atoms with Gasteiger partial charge in [0.2, 0.25) is 12.7 Å². The molecular formula is C18H21N3O3S. The largest absolute Gasteiger partial charge is 0.454 e. The van der Waals surface area contributed by atoms with E-state index in [9.17, 15) is 4.79 Å². The van der Waals surface area contributed by atoms with E-state index in [1.54, 1.807) is 0 Å². The fourth-order valence-electron chi connectivity index (χ4n) is 2.49. The standard InChI is InChI=1S/C18H21N3O3S/c1-10-11(2)20-18(21-12(10)3)25-8-17(22)19-13(4)14-5-6-15-16(7-14)24-9-23-15/h5-7,13H,8-9H2,1-4H3,(H,19,22)/t13-/m0/s1. The summed E-state index contributed by atoms with van der Waals surface area (Å²) in [5.41, 5.74) is 3.96. The molecule has 0 saturated carbocycles. The molecule has 0 radical (unpaired) electrons. The number of aromatic nitrogens is 2. The van der Waals surface area contributed by atoms with E-state index in [0.717, 1.165) is 28.3 Å². The zero-order valence-electron chi connectivity index (χ0n) is 14.8. The molecule has 0 spiro atoms. The third-order valence-corrected chi connectivity index (χ3v) is 5.07. The first kappa shape index (κ1) is 17.5. The summed E-state index contributed by atoms with van der Waals surface area (Å²) >= 11 is 1.34. The molecule has 0 fully saturated rings. The van der Waals surface area contributed by atoms with Crippen molar-refractivity contribution in [2.45, 2.75) is 38.9 Å². The fourth-order valence-corrected chi connectivity index (χ4v) is 3.23. The molecule has 1 amide bonds. The van der Waals surface area contributed by atoms with Crippen LogP contribution in [0.25, 0.3) is 0 Å². The molecule has 132 valence electrons. The average molecular weight is 359 g/mol. The second kappa shape index (κ2) is 7.31. The van der Waals surface area contributed by atoms with Gasteiger partial charge >= 0.3 is 0 Å². The molecule has 25 heavy (non-hydrogen) atoms. The van der Waals surface area contributed by atoms with Crippen LogP contribution in [0.2, 0.25) is 0 Å². The van der Waals surface area contributed by atoms with E-state index < -0.39 is 0 Å². The van der Waals surface area contributed by atoms with Gasteiger partial charge in [-0.05, 0) is 51.0 Å². The third kappa shape index (κ3) is 4.04. The average Bonchev–Trinajstić information content (AvgIpc) is 3.05. The van der Waals surface area contributed by atoms with Gasteiger partial charge < -0.3 is 14.8 Å². The molecule has 7 heteroatoms. The minimum absolute atomic E-state index is 0.0605. The lowest BCUT2D eigenvalue weighted by molar-refractivity contribution is -0.119. The van der Waals surface area contributed by atoms with Crippen LogP contribution < -0.4 is 14.8 Å². The smallest absolute Gasteiger partial charge is 0.231 e. The number of nitrogens with zero attached hydrogens (tertiary/aromatic N) is 2. The lowest BCUT2D eigenvalue weighted by Crippen LogP contribution is -2.28. The van der Waals surface area contributed by atoms with E-state index in [-0.39, 0.29) is 24.5 Å². The van der Waals surface area contributed by atoms with Crippen LogP contribution in [0.15, 0.2) is 23.4 Å². The number of nitrogens with one attached hydrogen (secondary N) is 1. The Morgan fingerprint density at radius 1 is 1.20 bits per heavy atom. The van der Waals surface area contributed by atoms with Crippen LogP contribution in [0.5, 0.6) is 11.5 Å². The molecule has 0 saturated heterocycles.